The first-order valence-corrected chi connectivity index (χ1v) is 6.75. The molecule has 0 bridgehead atoms. The summed E-state index contributed by atoms with van der Waals surface area (Å²) in [4.78, 5) is 0. The highest BCUT2D eigenvalue weighted by Crippen LogP contribution is 2.32. The first kappa shape index (κ1) is 13.0. The normalized spacial score (nSPS) is 22.3. The Balaban J connectivity index is 2.32. The largest absolute Gasteiger partial charge is 0.376 e. The van der Waals surface area contributed by atoms with Crippen LogP contribution in [0.15, 0.2) is 10.7 Å². The minimum Gasteiger partial charge on any atom is -0.376 e. The van der Waals surface area contributed by atoms with Crippen molar-refractivity contribution in [3.8, 4) is 0 Å². The monoisotopic (exact) mass is 302 g/mol. The zero-order valence-corrected chi connectivity index (χ0v) is 11.8. The van der Waals surface area contributed by atoms with E-state index in [2.05, 4.69) is 40.3 Å². The number of aromatic nitrogens is 2. The number of hydrogen-bond donors (Lipinski definition) is 2. The van der Waals surface area contributed by atoms with E-state index in [1.54, 1.807) is 0 Å². The van der Waals surface area contributed by atoms with Crippen LogP contribution < -0.4 is 11.3 Å². The fourth-order valence-corrected chi connectivity index (χ4v) is 2.80. The molecule has 2 rings (SSSR count). The highest BCUT2D eigenvalue weighted by atomic mass is 79.9. The fraction of sp³-hybridized carbons (Fsp3) is 0.727. The molecule has 5 nitrogen and oxygen atoms in total. The lowest BCUT2D eigenvalue weighted by Crippen LogP contribution is -2.38. The second-order valence-corrected chi connectivity index (χ2v) is 5.47. The third kappa shape index (κ3) is 2.54. The number of ether oxygens (including phenoxy) is 1. The van der Waals surface area contributed by atoms with Gasteiger partial charge in [-0.25, -0.2) is 5.43 Å². The number of hydrazine groups is 1. The van der Waals surface area contributed by atoms with Crippen LogP contribution in [-0.4, -0.2) is 22.5 Å². The van der Waals surface area contributed by atoms with E-state index in [0.29, 0.717) is 6.04 Å². The molecule has 0 spiro atoms. The minimum atomic E-state index is -0.0169. The molecule has 0 saturated carbocycles. The van der Waals surface area contributed by atoms with E-state index in [1.165, 1.54) is 0 Å². The number of halogens is 1. The summed E-state index contributed by atoms with van der Waals surface area (Å²) in [5, 5.41) is 4.37. The molecular weight excluding hydrogens is 284 g/mol. The van der Waals surface area contributed by atoms with Gasteiger partial charge in [0.25, 0.3) is 0 Å². The summed E-state index contributed by atoms with van der Waals surface area (Å²) >= 11 is 3.54. The number of nitrogens with zero attached hydrogens (tertiary/aromatic N) is 2. The van der Waals surface area contributed by atoms with Crippen LogP contribution in [0.1, 0.15) is 44.5 Å². The highest BCUT2D eigenvalue weighted by Gasteiger charge is 2.31. The molecule has 1 aliphatic rings. The van der Waals surface area contributed by atoms with Crippen LogP contribution >= 0.6 is 15.9 Å². The van der Waals surface area contributed by atoms with Crippen LogP contribution in [0, 0.1) is 0 Å². The molecule has 6 heteroatoms. The van der Waals surface area contributed by atoms with Gasteiger partial charge in [0.2, 0.25) is 0 Å². The summed E-state index contributed by atoms with van der Waals surface area (Å²) in [5.41, 5.74) is 3.93. The molecule has 0 aromatic carbocycles. The van der Waals surface area contributed by atoms with Crippen LogP contribution in [0.3, 0.4) is 0 Å². The Morgan fingerprint density at radius 3 is 2.94 bits per heavy atom. The summed E-state index contributed by atoms with van der Waals surface area (Å²) in [6, 6.07) is 0.283. The van der Waals surface area contributed by atoms with Crippen LogP contribution in [0.5, 0.6) is 0 Å². The Labute approximate surface area is 110 Å². The molecule has 2 atom stereocenters. The molecule has 1 fully saturated rings. The first-order valence-electron chi connectivity index (χ1n) is 5.95. The Hall–Kier alpha value is -0.430. The molecule has 0 aliphatic carbocycles. The summed E-state index contributed by atoms with van der Waals surface area (Å²) < 4.78 is 8.67. The van der Waals surface area contributed by atoms with E-state index in [-0.39, 0.29) is 12.1 Å². The number of nitrogens with two attached hydrogens (primary N) is 1. The Morgan fingerprint density at radius 2 is 2.41 bits per heavy atom. The number of nitrogens with one attached hydrogen (secondary N) is 1. The maximum atomic E-state index is 5.72. The van der Waals surface area contributed by atoms with Gasteiger partial charge in [0.15, 0.2) is 0 Å². The van der Waals surface area contributed by atoms with Crippen LogP contribution in [-0.2, 0) is 4.74 Å². The molecule has 2 unspecified atom stereocenters. The lowest BCUT2D eigenvalue weighted by molar-refractivity contribution is 0.0748. The lowest BCUT2D eigenvalue weighted by atomic mass is 10.1. The van der Waals surface area contributed by atoms with E-state index in [1.807, 2.05) is 10.9 Å². The second-order valence-electron chi connectivity index (χ2n) is 4.61. The average Bonchev–Trinajstić information content (AvgIpc) is 2.91. The van der Waals surface area contributed by atoms with Gasteiger partial charge in [0.05, 0.1) is 28.5 Å². The van der Waals surface area contributed by atoms with Crippen molar-refractivity contribution >= 4 is 15.9 Å². The summed E-state index contributed by atoms with van der Waals surface area (Å²) in [6.07, 6.45) is 4.07. The Morgan fingerprint density at radius 1 is 1.65 bits per heavy atom. The molecule has 1 aliphatic heterocycles. The molecule has 3 N–H and O–H groups in total. The van der Waals surface area contributed by atoms with Crippen molar-refractivity contribution in [3.05, 3.63) is 16.4 Å². The van der Waals surface area contributed by atoms with Crippen LogP contribution in [0.4, 0.5) is 0 Å². The smallest absolute Gasteiger partial charge is 0.0901 e. The fourth-order valence-electron chi connectivity index (χ4n) is 2.28. The summed E-state index contributed by atoms with van der Waals surface area (Å²) in [5.74, 6) is 5.69. The van der Waals surface area contributed by atoms with E-state index in [4.69, 9.17) is 10.6 Å². The number of rotatable bonds is 4. The summed E-state index contributed by atoms with van der Waals surface area (Å²) in [7, 11) is 0. The van der Waals surface area contributed by atoms with Gasteiger partial charge in [-0.3, -0.25) is 10.5 Å². The molecule has 96 valence electrons. The van der Waals surface area contributed by atoms with E-state index >= 15 is 0 Å². The van der Waals surface area contributed by atoms with Gasteiger partial charge in [-0.05, 0) is 42.6 Å². The van der Waals surface area contributed by atoms with Crippen molar-refractivity contribution in [2.45, 2.75) is 44.9 Å². The molecule has 1 saturated heterocycles. The van der Waals surface area contributed by atoms with Gasteiger partial charge < -0.3 is 4.74 Å². The van der Waals surface area contributed by atoms with Crippen LogP contribution in [0.2, 0.25) is 0 Å². The van der Waals surface area contributed by atoms with E-state index in [0.717, 1.165) is 29.6 Å². The van der Waals surface area contributed by atoms with Crippen molar-refractivity contribution in [2.75, 3.05) is 6.61 Å². The SMILES string of the molecule is CC(C)n1ncc(Br)c1C(NN)C1CCCO1. The highest BCUT2D eigenvalue weighted by molar-refractivity contribution is 9.10. The molecule has 1 aromatic rings. The van der Waals surface area contributed by atoms with Crippen molar-refractivity contribution in [2.24, 2.45) is 5.84 Å². The first-order chi connectivity index (χ1) is 8.15. The Kier molecular flexibility index (Phi) is 4.19. The zero-order chi connectivity index (χ0) is 12.4. The van der Waals surface area contributed by atoms with Gasteiger partial charge in [0.1, 0.15) is 0 Å². The Bertz CT molecular complexity index is 374. The third-order valence-corrected chi connectivity index (χ3v) is 3.70. The lowest BCUT2D eigenvalue weighted by Gasteiger charge is -2.24. The molecule has 2 heterocycles. The molecule has 0 radical (unpaired) electrons. The zero-order valence-electron chi connectivity index (χ0n) is 10.2. The quantitative estimate of drug-likeness (QED) is 0.659. The maximum absolute atomic E-state index is 5.72. The molecule has 1 aromatic heterocycles. The van der Waals surface area contributed by atoms with Gasteiger partial charge >= 0.3 is 0 Å². The van der Waals surface area contributed by atoms with Gasteiger partial charge in [-0.15, -0.1) is 0 Å². The van der Waals surface area contributed by atoms with Gasteiger partial charge in [-0.2, -0.15) is 5.10 Å². The third-order valence-electron chi connectivity index (χ3n) is 3.09. The summed E-state index contributed by atoms with van der Waals surface area (Å²) in [6.45, 7) is 5.02. The molecule has 17 heavy (non-hydrogen) atoms. The molecule has 0 amide bonds. The predicted octanol–water partition coefficient (Wildman–Crippen LogP) is 1.91. The second kappa shape index (κ2) is 5.48. The van der Waals surface area contributed by atoms with Gasteiger partial charge in [0, 0.05) is 12.6 Å². The maximum Gasteiger partial charge on any atom is 0.0901 e. The van der Waals surface area contributed by atoms with Crippen molar-refractivity contribution in [3.63, 3.8) is 0 Å². The topological polar surface area (TPSA) is 65.1 Å². The van der Waals surface area contributed by atoms with Crippen molar-refractivity contribution in [1.29, 1.82) is 0 Å². The average molecular weight is 303 g/mol. The number of hydrogen-bond acceptors (Lipinski definition) is 4. The van der Waals surface area contributed by atoms with Crippen molar-refractivity contribution < 1.29 is 4.74 Å². The standard InChI is InChI=1S/C11H19BrN4O/c1-7(2)16-11(8(12)6-14-16)10(15-13)9-4-3-5-17-9/h6-7,9-10,15H,3-5,13H2,1-2H3. The van der Waals surface area contributed by atoms with Gasteiger partial charge in [-0.1, -0.05) is 0 Å². The minimum absolute atomic E-state index is 0.0169. The van der Waals surface area contributed by atoms with Crippen LogP contribution in [0.25, 0.3) is 0 Å². The van der Waals surface area contributed by atoms with E-state index in [9.17, 15) is 0 Å². The molecular formula is C11H19BrN4O. The van der Waals surface area contributed by atoms with E-state index < -0.39 is 0 Å². The van der Waals surface area contributed by atoms with Crippen molar-refractivity contribution in [1.82, 2.24) is 15.2 Å². The predicted molar refractivity (Wildman–Crippen MR) is 69.4 cm³/mol.